The van der Waals surface area contributed by atoms with Crippen molar-refractivity contribution in [1.29, 1.82) is 0 Å². The van der Waals surface area contributed by atoms with Crippen molar-refractivity contribution in [2.45, 2.75) is 27.7 Å². The highest BCUT2D eigenvalue weighted by molar-refractivity contribution is 5.88. The van der Waals surface area contributed by atoms with Gasteiger partial charge in [-0.05, 0) is 74.2 Å². The van der Waals surface area contributed by atoms with Gasteiger partial charge in [-0.2, -0.15) is 0 Å². The van der Waals surface area contributed by atoms with Crippen LogP contribution in [0, 0.1) is 27.7 Å². The summed E-state index contributed by atoms with van der Waals surface area (Å²) in [6, 6.07) is 21.7. The third-order valence-electron chi connectivity index (χ3n) is 5.73. The molecule has 33 heavy (non-hydrogen) atoms. The molecule has 0 atom stereocenters. The maximum absolute atomic E-state index is 10.9. The number of benzene rings is 4. The third kappa shape index (κ3) is 4.05. The number of nitrogens with zero attached hydrogens (tertiary/aromatic N) is 1. The molecule has 0 aliphatic carbocycles. The number of rotatable bonds is 5. The van der Waals surface area contributed by atoms with Gasteiger partial charge in [0, 0.05) is 0 Å². The normalized spacial score (nSPS) is 10.8. The molecule has 0 fully saturated rings. The Hall–Kier alpha value is -4.12. The van der Waals surface area contributed by atoms with Crippen LogP contribution in [0.2, 0.25) is 0 Å². The van der Waals surface area contributed by atoms with Gasteiger partial charge < -0.3 is 20.1 Å². The van der Waals surface area contributed by atoms with Crippen LogP contribution in [0.1, 0.15) is 22.3 Å². The Bertz CT molecular complexity index is 1240. The van der Waals surface area contributed by atoms with Gasteiger partial charge in [-0.25, -0.2) is 0 Å². The first kappa shape index (κ1) is 22.1. The predicted molar refractivity (Wildman–Crippen MR) is 132 cm³/mol. The third-order valence-corrected chi connectivity index (χ3v) is 5.73. The summed E-state index contributed by atoms with van der Waals surface area (Å²) in [5.74, 6) is 1.05. The van der Waals surface area contributed by atoms with Crippen molar-refractivity contribution >= 4 is 17.1 Å². The van der Waals surface area contributed by atoms with Crippen molar-refractivity contribution in [2.24, 2.45) is 0 Å². The van der Waals surface area contributed by atoms with Crippen LogP contribution in [0.4, 0.5) is 17.1 Å². The molecule has 5 nitrogen and oxygen atoms in total. The number of anilines is 3. The monoisotopic (exact) mass is 441 g/mol. The van der Waals surface area contributed by atoms with E-state index in [2.05, 4.69) is 0 Å². The average Bonchev–Trinajstić information content (AvgIpc) is 2.78. The maximum Gasteiger partial charge on any atom is 0.172 e. The molecule has 4 rings (SSSR count). The van der Waals surface area contributed by atoms with Gasteiger partial charge in [0.05, 0.1) is 17.1 Å². The number of hydrogen-bond acceptors (Lipinski definition) is 5. The van der Waals surface area contributed by atoms with E-state index in [0.717, 1.165) is 16.7 Å². The lowest BCUT2D eigenvalue weighted by Crippen LogP contribution is -2.14. The summed E-state index contributed by atoms with van der Waals surface area (Å²) in [6.07, 6.45) is 0. The van der Waals surface area contributed by atoms with Crippen molar-refractivity contribution in [3.05, 3.63) is 95.1 Å². The van der Waals surface area contributed by atoms with E-state index in [-0.39, 0.29) is 17.2 Å². The number of aromatic hydroxyl groups is 3. The zero-order valence-corrected chi connectivity index (χ0v) is 19.1. The Kier molecular flexibility index (Phi) is 5.88. The van der Waals surface area contributed by atoms with Crippen LogP contribution in [-0.4, -0.2) is 15.3 Å². The number of para-hydroxylation sites is 4. The molecule has 168 valence electrons. The summed E-state index contributed by atoms with van der Waals surface area (Å²) in [5.41, 5.74) is 4.80. The summed E-state index contributed by atoms with van der Waals surface area (Å²) in [6.45, 7) is 7.49. The summed E-state index contributed by atoms with van der Waals surface area (Å²) in [7, 11) is 0. The molecule has 0 aliphatic heterocycles. The van der Waals surface area contributed by atoms with Gasteiger partial charge in [-0.1, -0.05) is 48.5 Å². The molecule has 0 aromatic heterocycles. The van der Waals surface area contributed by atoms with E-state index in [1.54, 1.807) is 35.2 Å². The van der Waals surface area contributed by atoms with Crippen molar-refractivity contribution < 1.29 is 20.1 Å². The first-order valence-electron chi connectivity index (χ1n) is 10.7. The van der Waals surface area contributed by atoms with Crippen molar-refractivity contribution in [3.63, 3.8) is 0 Å². The second-order valence-corrected chi connectivity index (χ2v) is 8.17. The van der Waals surface area contributed by atoms with Crippen LogP contribution in [0.25, 0.3) is 0 Å². The van der Waals surface area contributed by atoms with Crippen LogP contribution in [-0.2, 0) is 0 Å². The molecular weight excluding hydrogens is 414 g/mol. The van der Waals surface area contributed by atoms with Gasteiger partial charge in [0.25, 0.3) is 0 Å². The number of ether oxygens (including phenoxy) is 1. The summed E-state index contributed by atoms with van der Waals surface area (Å²) in [5, 5.41) is 32.4. The molecule has 3 N–H and O–H groups in total. The molecule has 0 heterocycles. The molecule has 0 aliphatic rings. The van der Waals surface area contributed by atoms with Gasteiger partial charge >= 0.3 is 0 Å². The standard InChI is InChI=1S/C28H27NO4/c1-17-9-7-12-22(30)25(17)29(26-18(2)10-8-13-23(26)31)21-11-5-6-14-24(21)33-28-20(4)16-15-19(3)27(28)32/h5-16,30-32H,1-4H3. The molecule has 5 heteroatoms. The average molecular weight is 442 g/mol. The van der Waals surface area contributed by atoms with Gasteiger partial charge in [0.1, 0.15) is 11.5 Å². The van der Waals surface area contributed by atoms with Gasteiger partial charge in [0.2, 0.25) is 0 Å². The predicted octanol–water partition coefficient (Wildman–Crippen LogP) is 7.30. The van der Waals surface area contributed by atoms with Crippen LogP contribution < -0.4 is 9.64 Å². The largest absolute Gasteiger partial charge is 0.506 e. The van der Waals surface area contributed by atoms with Crippen LogP contribution in [0.15, 0.2) is 72.8 Å². The van der Waals surface area contributed by atoms with E-state index in [1.165, 1.54) is 0 Å². The summed E-state index contributed by atoms with van der Waals surface area (Å²) >= 11 is 0. The number of phenolic OH excluding ortho intramolecular Hbond substituents is 3. The number of hydrogen-bond donors (Lipinski definition) is 3. The molecule has 0 bridgehead atoms. The molecule has 0 radical (unpaired) electrons. The molecule has 0 saturated heterocycles. The minimum atomic E-state index is 0.0713. The Labute approximate surface area is 193 Å². The smallest absolute Gasteiger partial charge is 0.172 e. The highest BCUT2D eigenvalue weighted by atomic mass is 16.5. The Morgan fingerprint density at radius 3 is 1.70 bits per heavy atom. The van der Waals surface area contributed by atoms with Crippen LogP contribution in [0.3, 0.4) is 0 Å². The number of aryl methyl sites for hydroxylation is 4. The lowest BCUT2D eigenvalue weighted by Gasteiger charge is -2.31. The van der Waals surface area contributed by atoms with Gasteiger partial charge in [-0.15, -0.1) is 0 Å². The lowest BCUT2D eigenvalue weighted by atomic mass is 10.1. The second kappa shape index (κ2) is 8.79. The quantitative estimate of drug-likeness (QED) is 0.303. The lowest BCUT2D eigenvalue weighted by molar-refractivity contribution is 0.406. The zero-order chi connectivity index (χ0) is 23.7. The molecule has 0 unspecified atom stereocenters. The maximum atomic E-state index is 10.9. The summed E-state index contributed by atoms with van der Waals surface area (Å²) < 4.78 is 6.28. The Morgan fingerprint density at radius 2 is 1.12 bits per heavy atom. The fraction of sp³-hybridized carbons (Fsp3) is 0.143. The molecule has 4 aromatic carbocycles. The van der Waals surface area contributed by atoms with Gasteiger partial charge in [-0.3, -0.25) is 4.90 Å². The van der Waals surface area contributed by atoms with E-state index < -0.39 is 0 Å². The topological polar surface area (TPSA) is 73.2 Å². The molecule has 0 spiro atoms. The molecule has 4 aromatic rings. The fourth-order valence-corrected chi connectivity index (χ4v) is 3.96. The highest BCUT2D eigenvalue weighted by Crippen LogP contribution is 2.50. The Morgan fingerprint density at radius 1 is 0.576 bits per heavy atom. The molecular formula is C28H27NO4. The van der Waals surface area contributed by atoms with E-state index in [4.69, 9.17) is 4.74 Å². The summed E-state index contributed by atoms with van der Waals surface area (Å²) in [4.78, 5) is 1.80. The zero-order valence-electron chi connectivity index (χ0n) is 19.1. The SMILES string of the molecule is Cc1ccc(C)c(Oc2ccccc2N(c2c(C)cccc2O)c2c(C)cccc2O)c1O. The first-order valence-corrected chi connectivity index (χ1v) is 10.7. The highest BCUT2D eigenvalue weighted by Gasteiger charge is 2.25. The molecule has 0 amide bonds. The van der Waals surface area contributed by atoms with E-state index in [1.807, 2.05) is 70.2 Å². The van der Waals surface area contributed by atoms with E-state index in [9.17, 15) is 15.3 Å². The second-order valence-electron chi connectivity index (χ2n) is 8.17. The fourth-order valence-electron chi connectivity index (χ4n) is 3.96. The minimum Gasteiger partial charge on any atom is -0.506 e. The first-order chi connectivity index (χ1) is 15.8. The van der Waals surface area contributed by atoms with Crippen molar-refractivity contribution in [3.8, 4) is 28.7 Å². The van der Waals surface area contributed by atoms with Crippen LogP contribution in [0.5, 0.6) is 28.7 Å². The van der Waals surface area contributed by atoms with Crippen molar-refractivity contribution in [1.82, 2.24) is 0 Å². The number of phenols is 3. The van der Waals surface area contributed by atoms with Crippen molar-refractivity contribution in [2.75, 3.05) is 4.90 Å². The van der Waals surface area contributed by atoms with E-state index in [0.29, 0.717) is 34.1 Å². The Balaban J connectivity index is 1.99. The molecule has 0 saturated carbocycles. The van der Waals surface area contributed by atoms with E-state index >= 15 is 0 Å². The minimum absolute atomic E-state index is 0.0713. The van der Waals surface area contributed by atoms with Gasteiger partial charge in [0.15, 0.2) is 17.2 Å². The van der Waals surface area contributed by atoms with Crippen LogP contribution >= 0.6 is 0 Å².